The number of nitrogen functional groups attached to an aromatic ring is 1. The normalized spacial score (nSPS) is 11.7. The maximum atomic E-state index is 12.1. The van der Waals surface area contributed by atoms with Crippen LogP contribution >= 0.6 is 0 Å². The molecule has 0 spiro atoms. The van der Waals surface area contributed by atoms with E-state index in [1.54, 1.807) is 24.3 Å². The molecule has 0 aliphatic carbocycles. The third-order valence-electron chi connectivity index (χ3n) is 3.70. The molecule has 1 aliphatic heterocycles. The Morgan fingerprint density at radius 1 is 1.15 bits per heavy atom. The van der Waals surface area contributed by atoms with Gasteiger partial charge < -0.3 is 30.0 Å². The number of amides is 1. The Bertz CT molecular complexity index is 852. The number of hydrogen-bond donors (Lipinski definition) is 2. The number of esters is 1. The van der Waals surface area contributed by atoms with Gasteiger partial charge in [-0.05, 0) is 36.8 Å². The molecule has 0 fully saturated rings. The summed E-state index contributed by atoms with van der Waals surface area (Å²) < 4.78 is 21.0. The molecular formula is C19H20N2O6. The molecule has 0 radical (unpaired) electrons. The lowest BCUT2D eigenvalue weighted by Gasteiger charge is -2.11. The number of hydrogen-bond acceptors (Lipinski definition) is 7. The van der Waals surface area contributed by atoms with Crippen LogP contribution in [0.3, 0.4) is 0 Å². The molecule has 1 amide bonds. The van der Waals surface area contributed by atoms with Crippen molar-refractivity contribution in [3.63, 3.8) is 0 Å². The van der Waals surface area contributed by atoms with E-state index in [1.807, 2.05) is 6.92 Å². The first kappa shape index (κ1) is 18.4. The summed E-state index contributed by atoms with van der Waals surface area (Å²) in [5.41, 5.74) is 7.03. The SMILES string of the molecule is CCCOC(=O)c1ccc(N)c(OCC(=O)Nc2ccc3c(c2)OCO3)c1. The molecule has 0 atom stereocenters. The van der Waals surface area contributed by atoms with Crippen LogP contribution in [0.5, 0.6) is 17.2 Å². The molecule has 0 unspecified atom stereocenters. The van der Waals surface area contributed by atoms with Crippen molar-refractivity contribution in [2.45, 2.75) is 13.3 Å². The molecule has 0 saturated heterocycles. The van der Waals surface area contributed by atoms with Crippen molar-refractivity contribution in [3.8, 4) is 17.2 Å². The lowest BCUT2D eigenvalue weighted by Crippen LogP contribution is -2.20. The van der Waals surface area contributed by atoms with E-state index >= 15 is 0 Å². The number of nitrogens with one attached hydrogen (secondary N) is 1. The fourth-order valence-electron chi connectivity index (χ4n) is 2.38. The Kier molecular flexibility index (Phi) is 5.65. The number of anilines is 2. The predicted octanol–water partition coefficient (Wildman–Crippen LogP) is 2.58. The van der Waals surface area contributed by atoms with Gasteiger partial charge in [-0.1, -0.05) is 6.92 Å². The second-order valence-corrected chi connectivity index (χ2v) is 5.79. The fourth-order valence-corrected chi connectivity index (χ4v) is 2.38. The van der Waals surface area contributed by atoms with Gasteiger partial charge >= 0.3 is 5.97 Å². The van der Waals surface area contributed by atoms with Crippen LogP contribution in [-0.4, -0.2) is 31.9 Å². The van der Waals surface area contributed by atoms with Crippen molar-refractivity contribution >= 4 is 23.3 Å². The Morgan fingerprint density at radius 2 is 1.96 bits per heavy atom. The minimum absolute atomic E-state index is 0.159. The highest BCUT2D eigenvalue weighted by Gasteiger charge is 2.15. The maximum absolute atomic E-state index is 12.1. The molecule has 3 N–H and O–H groups in total. The first-order valence-corrected chi connectivity index (χ1v) is 8.45. The molecule has 0 bridgehead atoms. The van der Waals surface area contributed by atoms with Crippen LogP contribution in [0.1, 0.15) is 23.7 Å². The molecule has 0 saturated carbocycles. The summed E-state index contributed by atoms with van der Waals surface area (Å²) in [7, 11) is 0. The number of carbonyl (C=O) groups excluding carboxylic acids is 2. The molecule has 2 aromatic rings. The summed E-state index contributed by atoms with van der Waals surface area (Å²) in [6, 6.07) is 9.62. The summed E-state index contributed by atoms with van der Waals surface area (Å²) in [5, 5.41) is 2.69. The molecule has 2 aromatic carbocycles. The van der Waals surface area contributed by atoms with Crippen molar-refractivity contribution in [1.82, 2.24) is 0 Å². The predicted molar refractivity (Wildman–Crippen MR) is 98.1 cm³/mol. The van der Waals surface area contributed by atoms with E-state index in [-0.39, 0.29) is 25.1 Å². The average molecular weight is 372 g/mol. The highest BCUT2D eigenvalue weighted by atomic mass is 16.7. The van der Waals surface area contributed by atoms with Gasteiger partial charge in [-0.15, -0.1) is 0 Å². The van der Waals surface area contributed by atoms with Gasteiger partial charge in [0, 0.05) is 11.8 Å². The van der Waals surface area contributed by atoms with E-state index in [0.717, 1.165) is 6.42 Å². The van der Waals surface area contributed by atoms with Crippen LogP contribution < -0.4 is 25.3 Å². The smallest absolute Gasteiger partial charge is 0.338 e. The van der Waals surface area contributed by atoms with Crippen LogP contribution in [0.25, 0.3) is 0 Å². The highest BCUT2D eigenvalue weighted by Crippen LogP contribution is 2.34. The molecule has 8 heteroatoms. The standard InChI is InChI=1S/C19H20N2O6/c1-2-7-24-19(23)12-3-5-14(20)16(8-12)25-10-18(22)21-13-4-6-15-17(9-13)27-11-26-15/h3-6,8-9H,2,7,10-11,20H2,1H3,(H,21,22). The number of rotatable bonds is 7. The van der Waals surface area contributed by atoms with Crippen molar-refractivity contribution in [3.05, 3.63) is 42.0 Å². The topological polar surface area (TPSA) is 109 Å². The van der Waals surface area contributed by atoms with Gasteiger partial charge in [0.05, 0.1) is 17.9 Å². The lowest BCUT2D eigenvalue weighted by molar-refractivity contribution is -0.118. The zero-order valence-electron chi connectivity index (χ0n) is 14.8. The molecular weight excluding hydrogens is 352 g/mol. The maximum Gasteiger partial charge on any atom is 0.338 e. The Hall–Kier alpha value is -3.42. The molecule has 1 aliphatic rings. The van der Waals surface area contributed by atoms with Crippen molar-refractivity contribution < 1.29 is 28.5 Å². The monoisotopic (exact) mass is 372 g/mol. The third kappa shape index (κ3) is 4.60. The molecule has 142 valence electrons. The Labute approximate surface area is 156 Å². The first-order valence-electron chi connectivity index (χ1n) is 8.45. The number of nitrogens with two attached hydrogens (primary N) is 1. The average Bonchev–Trinajstić information content (AvgIpc) is 3.13. The molecule has 1 heterocycles. The number of fused-ring (bicyclic) bond motifs is 1. The number of benzene rings is 2. The third-order valence-corrected chi connectivity index (χ3v) is 3.70. The zero-order valence-corrected chi connectivity index (χ0v) is 14.8. The summed E-state index contributed by atoms with van der Waals surface area (Å²) in [5.74, 6) is 0.584. The Morgan fingerprint density at radius 3 is 2.78 bits per heavy atom. The molecule has 27 heavy (non-hydrogen) atoms. The fraction of sp³-hybridized carbons (Fsp3) is 0.263. The van der Waals surface area contributed by atoms with Gasteiger partial charge in [0.25, 0.3) is 5.91 Å². The van der Waals surface area contributed by atoms with Crippen LogP contribution in [-0.2, 0) is 9.53 Å². The zero-order chi connectivity index (χ0) is 19.2. The summed E-state index contributed by atoms with van der Waals surface area (Å²) in [6.45, 7) is 2.12. The molecule has 0 aromatic heterocycles. The van der Waals surface area contributed by atoms with E-state index in [4.69, 9.17) is 24.7 Å². The van der Waals surface area contributed by atoms with Gasteiger partial charge in [0.1, 0.15) is 5.75 Å². The largest absolute Gasteiger partial charge is 0.482 e. The summed E-state index contributed by atoms with van der Waals surface area (Å²) in [4.78, 5) is 24.0. The minimum atomic E-state index is -0.466. The number of carbonyl (C=O) groups is 2. The van der Waals surface area contributed by atoms with E-state index in [2.05, 4.69) is 5.32 Å². The van der Waals surface area contributed by atoms with Gasteiger partial charge in [-0.3, -0.25) is 4.79 Å². The van der Waals surface area contributed by atoms with E-state index in [0.29, 0.717) is 35.0 Å². The Balaban J connectivity index is 1.59. The highest BCUT2D eigenvalue weighted by molar-refractivity contribution is 5.93. The lowest BCUT2D eigenvalue weighted by atomic mass is 10.2. The van der Waals surface area contributed by atoms with Crippen LogP contribution in [0, 0.1) is 0 Å². The summed E-state index contributed by atoms with van der Waals surface area (Å²) >= 11 is 0. The number of ether oxygens (including phenoxy) is 4. The molecule has 8 nitrogen and oxygen atoms in total. The quantitative estimate of drug-likeness (QED) is 0.568. The van der Waals surface area contributed by atoms with Gasteiger partial charge in [0.15, 0.2) is 18.1 Å². The van der Waals surface area contributed by atoms with E-state index in [9.17, 15) is 9.59 Å². The van der Waals surface area contributed by atoms with Crippen molar-refractivity contribution in [2.75, 3.05) is 31.1 Å². The van der Waals surface area contributed by atoms with Gasteiger partial charge in [-0.2, -0.15) is 0 Å². The molecule has 3 rings (SSSR count). The van der Waals surface area contributed by atoms with Crippen molar-refractivity contribution in [2.24, 2.45) is 0 Å². The van der Waals surface area contributed by atoms with Gasteiger partial charge in [-0.25, -0.2) is 4.79 Å². The van der Waals surface area contributed by atoms with Crippen LogP contribution in [0.15, 0.2) is 36.4 Å². The first-order chi connectivity index (χ1) is 13.1. The summed E-state index contributed by atoms with van der Waals surface area (Å²) in [6.07, 6.45) is 0.726. The van der Waals surface area contributed by atoms with E-state index in [1.165, 1.54) is 12.1 Å². The second-order valence-electron chi connectivity index (χ2n) is 5.79. The van der Waals surface area contributed by atoms with Crippen LogP contribution in [0.2, 0.25) is 0 Å². The van der Waals surface area contributed by atoms with E-state index < -0.39 is 5.97 Å². The minimum Gasteiger partial charge on any atom is -0.482 e. The van der Waals surface area contributed by atoms with Crippen LogP contribution in [0.4, 0.5) is 11.4 Å². The van der Waals surface area contributed by atoms with Gasteiger partial charge in [0.2, 0.25) is 6.79 Å². The second kappa shape index (κ2) is 8.31. The van der Waals surface area contributed by atoms with Crippen molar-refractivity contribution in [1.29, 1.82) is 0 Å².